The van der Waals surface area contributed by atoms with Crippen molar-refractivity contribution < 1.29 is 24.5 Å². The van der Waals surface area contributed by atoms with Gasteiger partial charge in [0.15, 0.2) is 0 Å². The van der Waals surface area contributed by atoms with E-state index in [-0.39, 0.29) is 18.5 Å². The maximum absolute atomic E-state index is 12.5. The van der Waals surface area contributed by atoms with Crippen molar-refractivity contribution in [1.82, 2.24) is 5.32 Å². The molecule has 0 bridgehead atoms. The predicted molar refractivity (Wildman–Crippen MR) is 310 cm³/mol. The molecule has 0 fully saturated rings. The number of hydrogen-bond donors (Lipinski definition) is 3. The van der Waals surface area contributed by atoms with Gasteiger partial charge in [-0.3, -0.25) is 9.59 Å². The lowest BCUT2D eigenvalue weighted by Gasteiger charge is -2.22. The predicted octanol–water partition coefficient (Wildman–Crippen LogP) is 20.6. The van der Waals surface area contributed by atoms with Gasteiger partial charge in [0.25, 0.3) is 0 Å². The van der Waals surface area contributed by atoms with Crippen molar-refractivity contribution in [3.8, 4) is 0 Å². The van der Waals surface area contributed by atoms with Gasteiger partial charge in [-0.15, -0.1) is 0 Å². The molecule has 2 unspecified atom stereocenters. The van der Waals surface area contributed by atoms with Gasteiger partial charge in [-0.25, -0.2) is 0 Å². The molecule has 0 aromatic rings. The van der Waals surface area contributed by atoms with Crippen molar-refractivity contribution in [2.24, 2.45) is 0 Å². The summed E-state index contributed by atoms with van der Waals surface area (Å²) in [5.41, 5.74) is 0. The fourth-order valence-electron chi connectivity index (χ4n) is 10.6. The van der Waals surface area contributed by atoms with Crippen LogP contribution in [0, 0.1) is 0 Å². The quantitative estimate of drug-likeness (QED) is 0.0417. The number of aliphatic hydroxyl groups is 2. The van der Waals surface area contributed by atoms with Gasteiger partial charge in [0.05, 0.1) is 25.4 Å². The lowest BCUT2D eigenvalue weighted by Crippen LogP contribution is -2.45. The molecule has 2 atom stereocenters. The first-order valence-electron chi connectivity index (χ1n) is 32.8. The van der Waals surface area contributed by atoms with E-state index < -0.39 is 12.1 Å². The SMILES string of the molecule is CCCCCCCCCCCCCCCCCCC(O)C(CO)NC(=O)CCCCCCCCCCCCCCCCCCCCCCCCCCCOC(=O)CCCCCCCCCCCCCCC. The van der Waals surface area contributed by atoms with E-state index in [1.807, 2.05) is 0 Å². The van der Waals surface area contributed by atoms with E-state index in [0.717, 1.165) is 38.5 Å². The highest BCUT2D eigenvalue weighted by Crippen LogP contribution is 2.19. The van der Waals surface area contributed by atoms with Gasteiger partial charge < -0.3 is 20.3 Å². The minimum absolute atomic E-state index is 0.0190. The fourth-order valence-corrected chi connectivity index (χ4v) is 10.6. The Morgan fingerprint density at radius 2 is 0.577 bits per heavy atom. The Morgan fingerprint density at radius 1 is 0.338 bits per heavy atom. The summed E-state index contributed by atoms with van der Waals surface area (Å²) >= 11 is 0. The molecule has 6 nitrogen and oxygen atoms in total. The van der Waals surface area contributed by atoms with Crippen LogP contribution in [0.25, 0.3) is 0 Å². The Hall–Kier alpha value is -1.14. The largest absolute Gasteiger partial charge is 0.466 e. The second kappa shape index (κ2) is 61.4. The van der Waals surface area contributed by atoms with Crippen LogP contribution in [0.5, 0.6) is 0 Å². The van der Waals surface area contributed by atoms with Gasteiger partial charge in [0.1, 0.15) is 0 Å². The third kappa shape index (κ3) is 58.0. The van der Waals surface area contributed by atoms with Crippen molar-refractivity contribution >= 4 is 11.9 Å². The van der Waals surface area contributed by atoms with E-state index in [4.69, 9.17) is 4.74 Å². The summed E-state index contributed by atoms with van der Waals surface area (Å²) in [6, 6.07) is -0.539. The lowest BCUT2D eigenvalue weighted by atomic mass is 10.0. The van der Waals surface area contributed by atoms with Gasteiger partial charge in [-0.05, 0) is 25.7 Å². The number of carbonyl (C=O) groups excluding carboxylic acids is 2. The highest BCUT2D eigenvalue weighted by Gasteiger charge is 2.20. The first-order chi connectivity index (χ1) is 35.0. The van der Waals surface area contributed by atoms with Gasteiger partial charge in [-0.2, -0.15) is 0 Å². The molecule has 0 spiro atoms. The first kappa shape index (κ1) is 69.9. The monoisotopic (exact) mass is 1000 g/mol. The zero-order chi connectivity index (χ0) is 51.4. The molecular weight excluding hydrogens is 875 g/mol. The minimum atomic E-state index is -0.662. The molecular formula is C65H129NO5. The zero-order valence-electron chi connectivity index (χ0n) is 48.5. The molecule has 0 aromatic carbocycles. The Balaban J connectivity index is 3.34. The van der Waals surface area contributed by atoms with Crippen LogP contribution in [0.4, 0.5) is 0 Å². The molecule has 0 heterocycles. The number of esters is 1. The second-order valence-electron chi connectivity index (χ2n) is 22.8. The Bertz CT molecular complexity index is 1020. The molecule has 424 valence electrons. The van der Waals surface area contributed by atoms with E-state index in [1.165, 1.54) is 308 Å². The number of hydrogen-bond acceptors (Lipinski definition) is 5. The second-order valence-corrected chi connectivity index (χ2v) is 22.8. The third-order valence-corrected chi connectivity index (χ3v) is 15.7. The van der Waals surface area contributed by atoms with E-state index in [1.54, 1.807) is 0 Å². The smallest absolute Gasteiger partial charge is 0.305 e. The Morgan fingerprint density at radius 3 is 0.859 bits per heavy atom. The molecule has 0 rings (SSSR count). The number of aliphatic hydroxyl groups excluding tert-OH is 2. The van der Waals surface area contributed by atoms with Crippen molar-refractivity contribution in [2.45, 2.75) is 392 Å². The van der Waals surface area contributed by atoms with Crippen molar-refractivity contribution in [3.63, 3.8) is 0 Å². The molecule has 0 aliphatic rings. The van der Waals surface area contributed by atoms with E-state index in [0.29, 0.717) is 25.9 Å². The third-order valence-electron chi connectivity index (χ3n) is 15.7. The number of nitrogens with one attached hydrogen (secondary N) is 1. The van der Waals surface area contributed by atoms with Crippen LogP contribution in [-0.4, -0.2) is 47.4 Å². The molecule has 0 saturated carbocycles. The molecule has 3 N–H and O–H groups in total. The van der Waals surface area contributed by atoms with E-state index >= 15 is 0 Å². The number of unbranched alkanes of at least 4 members (excludes halogenated alkanes) is 51. The van der Waals surface area contributed by atoms with E-state index in [2.05, 4.69) is 19.2 Å². The molecule has 6 heteroatoms. The van der Waals surface area contributed by atoms with Crippen LogP contribution < -0.4 is 5.32 Å². The van der Waals surface area contributed by atoms with Crippen LogP contribution in [0.2, 0.25) is 0 Å². The number of ether oxygens (including phenoxy) is 1. The van der Waals surface area contributed by atoms with Crippen molar-refractivity contribution in [3.05, 3.63) is 0 Å². The maximum Gasteiger partial charge on any atom is 0.305 e. The average Bonchev–Trinajstić information content (AvgIpc) is 3.37. The molecule has 0 aromatic heterocycles. The van der Waals surface area contributed by atoms with Crippen molar-refractivity contribution in [2.75, 3.05) is 13.2 Å². The van der Waals surface area contributed by atoms with Crippen LogP contribution in [0.3, 0.4) is 0 Å². The highest BCUT2D eigenvalue weighted by molar-refractivity contribution is 5.76. The van der Waals surface area contributed by atoms with Crippen LogP contribution in [-0.2, 0) is 14.3 Å². The summed E-state index contributed by atoms with van der Waals surface area (Å²) < 4.78 is 5.49. The molecule has 71 heavy (non-hydrogen) atoms. The van der Waals surface area contributed by atoms with Crippen molar-refractivity contribution in [1.29, 1.82) is 0 Å². The summed E-state index contributed by atoms with van der Waals surface area (Å²) in [5, 5.41) is 23.3. The zero-order valence-corrected chi connectivity index (χ0v) is 48.5. The minimum Gasteiger partial charge on any atom is -0.466 e. The van der Waals surface area contributed by atoms with Gasteiger partial charge in [0.2, 0.25) is 5.91 Å². The highest BCUT2D eigenvalue weighted by atomic mass is 16.5. The first-order valence-corrected chi connectivity index (χ1v) is 32.8. The molecule has 0 aliphatic carbocycles. The summed E-state index contributed by atoms with van der Waals surface area (Å²) in [6.45, 7) is 4.99. The average molecular weight is 1000 g/mol. The molecule has 0 radical (unpaired) electrons. The topological polar surface area (TPSA) is 95.9 Å². The molecule has 1 amide bonds. The van der Waals surface area contributed by atoms with Gasteiger partial charge in [0, 0.05) is 12.8 Å². The molecule has 0 aliphatic heterocycles. The summed E-state index contributed by atoms with van der Waals surface area (Å²) in [4.78, 5) is 24.5. The van der Waals surface area contributed by atoms with Gasteiger partial charge >= 0.3 is 5.97 Å². The Labute approximate surface area is 445 Å². The van der Waals surface area contributed by atoms with Gasteiger partial charge in [-0.1, -0.05) is 341 Å². The number of carbonyl (C=O) groups is 2. The van der Waals surface area contributed by atoms with Crippen LogP contribution >= 0.6 is 0 Å². The summed E-state index contributed by atoms with van der Waals surface area (Å²) in [6.07, 6.45) is 72.7. The molecule has 0 saturated heterocycles. The van der Waals surface area contributed by atoms with E-state index in [9.17, 15) is 19.8 Å². The fraction of sp³-hybridized carbons (Fsp3) is 0.969. The standard InChI is InChI=1S/C65H129NO5/c1-3-5-7-9-11-13-15-17-18-30-34-37-41-45-49-53-57-63(68)62(61-67)66-64(69)58-54-50-46-42-38-35-31-28-26-24-22-20-19-21-23-25-27-29-32-36-40-44-48-52-56-60-71-65(70)59-55-51-47-43-39-33-16-14-12-10-8-6-4-2/h62-63,67-68H,3-61H2,1-2H3,(H,66,69). The number of amides is 1. The van der Waals surface area contributed by atoms with Crippen LogP contribution in [0.1, 0.15) is 380 Å². The maximum atomic E-state index is 12.5. The summed E-state index contributed by atoms with van der Waals surface area (Å²) in [5.74, 6) is -0.0104. The normalized spacial score (nSPS) is 12.5. The summed E-state index contributed by atoms with van der Waals surface area (Å²) in [7, 11) is 0. The number of rotatable bonds is 62. The Kier molecular flexibility index (Phi) is 60.4. The van der Waals surface area contributed by atoms with Crippen LogP contribution in [0.15, 0.2) is 0 Å². The lowest BCUT2D eigenvalue weighted by molar-refractivity contribution is -0.143.